The molecule has 0 spiro atoms. The van der Waals surface area contributed by atoms with Gasteiger partial charge >= 0.3 is 6.18 Å². The largest absolute Gasteiger partial charge is 0.416 e. The van der Waals surface area contributed by atoms with Gasteiger partial charge in [0.15, 0.2) is 0 Å². The molecule has 2 saturated heterocycles. The standard InChI is InChI=1S/C16H19F3N2O3/c17-16(18,19)11-3-1-2-10(6-11)14-9-21(4-5-24-14)15(23)13-7-12(22)8-20-13/h1-3,6,12-14,20,22H,4-5,7-9H2/t12-,13+,14+/m1/s1. The third-order valence-electron chi connectivity index (χ3n) is 4.37. The first-order chi connectivity index (χ1) is 11.3. The monoisotopic (exact) mass is 344 g/mol. The van der Waals surface area contributed by atoms with Crippen LogP contribution in [0.2, 0.25) is 0 Å². The van der Waals surface area contributed by atoms with E-state index in [9.17, 15) is 23.1 Å². The summed E-state index contributed by atoms with van der Waals surface area (Å²) in [4.78, 5) is 14.1. The average Bonchev–Trinajstić information content (AvgIpc) is 3.00. The quantitative estimate of drug-likeness (QED) is 0.850. The second-order valence-corrected chi connectivity index (χ2v) is 6.12. The molecule has 3 atom stereocenters. The molecule has 2 heterocycles. The van der Waals surface area contributed by atoms with Crippen LogP contribution >= 0.6 is 0 Å². The van der Waals surface area contributed by atoms with Crippen LogP contribution in [-0.2, 0) is 15.7 Å². The molecule has 2 N–H and O–H groups in total. The van der Waals surface area contributed by atoms with Crippen molar-refractivity contribution >= 4 is 5.91 Å². The number of aliphatic hydroxyl groups is 1. The molecule has 0 radical (unpaired) electrons. The maximum atomic E-state index is 12.8. The molecule has 1 amide bonds. The minimum absolute atomic E-state index is 0.146. The average molecular weight is 344 g/mol. The fraction of sp³-hybridized carbons (Fsp3) is 0.562. The van der Waals surface area contributed by atoms with Crippen LogP contribution in [0.5, 0.6) is 0 Å². The number of ether oxygens (including phenoxy) is 1. The van der Waals surface area contributed by atoms with Crippen LogP contribution in [0.3, 0.4) is 0 Å². The Morgan fingerprint density at radius 3 is 2.83 bits per heavy atom. The Morgan fingerprint density at radius 2 is 2.17 bits per heavy atom. The van der Waals surface area contributed by atoms with E-state index in [1.54, 1.807) is 11.0 Å². The van der Waals surface area contributed by atoms with Gasteiger partial charge in [0.25, 0.3) is 0 Å². The van der Waals surface area contributed by atoms with Crippen molar-refractivity contribution in [1.82, 2.24) is 10.2 Å². The summed E-state index contributed by atoms with van der Waals surface area (Å²) in [5.41, 5.74) is -0.325. The van der Waals surface area contributed by atoms with Crippen LogP contribution in [-0.4, -0.2) is 54.3 Å². The fourth-order valence-corrected chi connectivity index (χ4v) is 3.09. The van der Waals surface area contributed by atoms with Crippen molar-refractivity contribution in [3.8, 4) is 0 Å². The van der Waals surface area contributed by atoms with Gasteiger partial charge in [-0.25, -0.2) is 0 Å². The van der Waals surface area contributed by atoms with Crippen molar-refractivity contribution in [2.75, 3.05) is 26.2 Å². The first-order valence-corrected chi connectivity index (χ1v) is 7.83. The lowest BCUT2D eigenvalue weighted by Crippen LogP contribution is -2.49. The molecule has 0 bridgehead atoms. The van der Waals surface area contributed by atoms with Gasteiger partial charge in [0, 0.05) is 13.1 Å². The lowest BCUT2D eigenvalue weighted by atomic mass is 10.0. The van der Waals surface area contributed by atoms with E-state index in [-0.39, 0.29) is 19.1 Å². The molecular formula is C16H19F3N2O3. The zero-order valence-corrected chi connectivity index (χ0v) is 12.9. The number of nitrogens with one attached hydrogen (secondary N) is 1. The number of nitrogens with zero attached hydrogens (tertiary/aromatic N) is 1. The number of benzene rings is 1. The predicted octanol–water partition coefficient (Wildman–Crippen LogP) is 1.33. The maximum Gasteiger partial charge on any atom is 0.416 e. The highest BCUT2D eigenvalue weighted by Crippen LogP contribution is 2.32. The number of amides is 1. The van der Waals surface area contributed by atoms with E-state index in [4.69, 9.17) is 4.74 Å². The molecule has 0 unspecified atom stereocenters. The van der Waals surface area contributed by atoms with E-state index >= 15 is 0 Å². The van der Waals surface area contributed by atoms with Crippen molar-refractivity contribution in [1.29, 1.82) is 0 Å². The lowest BCUT2D eigenvalue weighted by molar-refractivity contribution is -0.142. The lowest BCUT2D eigenvalue weighted by Gasteiger charge is -2.34. The first kappa shape index (κ1) is 17.2. The van der Waals surface area contributed by atoms with Crippen LogP contribution < -0.4 is 5.32 Å². The fourth-order valence-electron chi connectivity index (χ4n) is 3.09. The highest BCUT2D eigenvalue weighted by molar-refractivity contribution is 5.82. The number of hydrogen-bond acceptors (Lipinski definition) is 4. The van der Waals surface area contributed by atoms with Crippen molar-refractivity contribution in [2.45, 2.75) is 30.8 Å². The van der Waals surface area contributed by atoms with E-state index in [0.29, 0.717) is 25.1 Å². The number of rotatable bonds is 2. The highest BCUT2D eigenvalue weighted by Gasteiger charge is 2.35. The second-order valence-electron chi connectivity index (χ2n) is 6.12. The molecule has 24 heavy (non-hydrogen) atoms. The summed E-state index contributed by atoms with van der Waals surface area (Å²) < 4.78 is 44.1. The van der Waals surface area contributed by atoms with Crippen molar-refractivity contribution in [3.63, 3.8) is 0 Å². The van der Waals surface area contributed by atoms with Gasteiger partial charge in [0.1, 0.15) is 6.10 Å². The molecule has 0 aliphatic carbocycles. The topological polar surface area (TPSA) is 61.8 Å². The van der Waals surface area contributed by atoms with Crippen LogP contribution in [0.25, 0.3) is 0 Å². The molecule has 3 rings (SSSR count). The van der Waals surface area contributed by atoms with E-state index in [1.165, 1.54) is 6.07 Å². The number of halogens is 3. The molecule has 1 aromatic carbocycles. The summed E-state index contributed by atoms with van der Waals surface area (Å²) in [7, 11) is 0. The van der Waals surface area contributed by atoms with Crippen LogP contribution in [0.4, 0.5) is 13.2 Å². The molecule has 2 fully saturated rings. The molecule has 5 nitrogen and oxygen atoms in total. The van der Waals surface area contributed by atoms with E-state index in [0.717, 1.165) is 12.1 Å². The number of carbonyl (C=O) groups excluding carboxylic acids is 1. The summed E-state index contributed by atoms with van der Waals surface area (Å²) in [6.07, 6.45) is -5.19. The second kappa shape index (κ2) is 6.70. The van der Waals surface area contributed by atoms with Crippen molar-refractivity contribution < 1.29 is 27.8 Å². The molecule has 132 valence electrons. The Kier molecular flexibility index (Phi) is 4.80. The molecule has 8 heteroatoms. The van der Waals surface area contributed by atoms with Gasteiger partial charge in [-0.3, -0.25) is 4.79 Å². The zero-order chi connectivity index (χ0) is 17.3. The summed E-state index contributed by atoms with van der Waals surface area (Å²) in [5.74, 6) is -0.146. The Balaban J connectivity index is 1.70. The Bertz CT molecular complexity index is 608. The predicted molar refractivity (Wildman–Crippen MR) is 79.1 cm³/mol. The third kappa shape index (κ3) is 3.71. The molecule has 1 aromatic rings. The molecular weight excluding hydrogens is 325 g/mol. The van der Waals surface area contributed by atoms with Gasteiger partial charge in [-0.05, 0) is 24.1 Å². The van der Waals surface area contributed by atoms with Gasteiger partial charge in [-0.1, -0.05) is 12.1 Å². The van der Waals surface area contributed by atoms with Crippen molar-refractivity contribution in [3.05, 3.63) is 35.4 Å². The SMILES string of the molecule is O=C([C@@H]1C[C@@H](O)CN1)N1CCO[C@H](c2cccc(C(F)(F)F)c2)C1. The van der Waals surface area contributed by atoms with Gasteiger partial charge < -0.3 is 20.1 Å². The van der Waals surface area contributed by atoms with Gasteiger partial charge in [-0.2, -0.15) is 13.2 Å². The van der Waals surface area contributed by atoms with E-state index < -0.39 is 30.0 Å². The third-order valence-corrected chi connectivity index (χ3v) is 4.37. The van der Waals surface area contributed by atoms with Gasteiger partial charge in [0.05, 0.1) is 30.9 Å². The van der Waals surface area contributed by atoms with E-state index in [1.807, 2.05) is 0 Å². The Hall–Kier alpha value is -1.64. The number of aliphatic hydroxyl groups excluding tert-OH is 1. The Morgan fingerprint density at radius 1 is 1.38 bits per heavy atom. The maximum absolute atomic E-state index is 12.8. The molecule has 2 aliphatic heterocycles. The minimum Gasteiger partial charge on any atom is -0.392 e. The smallest absolute Gasteiger partial charge is 0.392 e. The number of alkyl halides is 3. The summed E-state index contributed by atoms with van der Waals surface area (Å²) in [5, 5.41) is 12.5. The summed E-state index contributed by atoms with van der Waals surface area (Å²) in [6, 6.07) is 4.55. The van der Waals surface area contributed by atoms with Crippen molar-refractivity contribution in [2.24, 2.45) is 0 Å². The summed E-state index contributed by atoms with van der Waals surface area (Å²) >= 11 is 0. The first-order valence-electron chi connectivity index (χ1n) is 7.83. The molecule has 0 aromatic heterocycles. The van der Waals surface area contributed by atoms with Gasteiger partial charge in [-0.15, -0.1) is 0 Å². The van der Waals surface area contributed by atoms with Crippen LogP contribution in [0.1, 0.15) is 23.7 Å². The van der Waals surface area contributed by atoms with E-state index in [2.05, 4.69) is 5.32 Å². The van der Waals surface area contributed by atoms with Gasteiger partial charge in [0.2, 0.25) is 5.91 Å². The number of β-amino-alcohol motifs (C(OH)–C–C–N with tert-alkyl or cyclic N) is 1. The zero-order valence-electron chi connectivity index (χ0n) is 12.9. The number of hydrogen-bond donors (Lipinski definition) is 2. The van der Waals surface area contributed by atoms with Crippen LogP contribution in [0.15, 0.2) is 24.3 Å². The van der Waals surface area contributed by atoms with Crippen LogP contribution in [0, 0.1) is 0 Å². The number of carbonyl (C=O) groups is 1. The normalized spacial score (nSPS) is 28.2. The number of morpholine rings is 1. The Labute approximate surface area is 137 Å². The molecule has 2 aliphatic rings. The summed E-state index contributed by atoms with van der Waals surface area (Å²) in [6.45, 7) is 1.23. The minimum atomic E-state index is -4.41. The highest BCUT2D eigenvalue weighted by atomic mass is 19.4. The molecule has 0 saturated carbocycles.